The number of aromatic nitrogens is 2. The van der Waals surface area contributed by atoms with Crippen LogP contribution in [0.25, 0.3) is 43.6 Å². The fourth-order valence-electron chi connectivity index (χ4n) is 3.57. The maximum Gasteiger partial charge on any atom is 0.141 e. The molecular weight excluding hydrogens is 438 g/mol. The second kappa shape index (κ2) is 8.67. The quantitative estimate of drug-likeness (QED) is 0.212. The van der Waals surface area contributed by atoms with Gasteiger partial charge >= 0.3 is 0 Å². The zero-order chi connectivity index (χ0) is 20.5. The number of phenols is 2. The van der Waals surface area contributed by atoms with Crippen LogP contribution in [-0.4, -0.2) is 20.2 Å². The van der Waals surface area contributed by atoms with Crippen LogP contribution in [0.4, 0.5) is 0 Å². The fraction of sp³-hybridized carbons (Fsp3) is 0. The van der Waals surface area contributed by atoms with Crippen LogP contribution < -0.4 is 0 Å². The van der Waals surface area contributed by atoms with Crippen molar-refractivity contribution in [3.63, 3.8) is 0 Å². The number of pyridine rings is 2. The van der Waals surface area contributed by atoms with Gasteiger partial charge in [-0.3, -0.25) is 0 Å². The minimum absolute atomic E-state index is 0. The van der Waals surface area contributed by atoms with E-state index in [9.17, 15) is 10.2 Å². The zero-order valence-corrected chi connectivity index (χ0v) is 19.7. The molecule has 2 heterocycles. The first-order chi connectivity index (χ1) is 14.7. The maximum atomic E-state index is 9.67. The molecule has 0 aliphatic carbocycles. The van der Waals surface area contributed by atoms with Gasteiger partial charge in [-0.05, 0) is 36.4 Å². The average molecular weight is 456 g/mol. The molecule has 0 fully saturated rings. The smallest absolute Gasteiger partial charge is 0.141 e. The van der Waals surface area contributed by atoms with Gasteiger partial charge in [0, 0.05) is 41.0 Å². The van der Waals surface area contributed by atoms with Crippen molar-refractivity contribution in [2.24, 2.45) is 0 Å². The Hall–Kier alpha value is -3.56. The summed E-state index contributed by atoms with van der Waals surface area (Å²) in [4.78, 5) is 8.85. The number of hydrogen-bond acceptors (Lipinski definition) is 4. The zero-order valence-electron chi connectivity index (χ0n) is 16.7. The van der Waals surface area contributed by atoms with Crippen LogP contribution in [0.5, 0.6) is 11.5 Å². The van der Waals surface area contributed by atoms with Gasteiger partial charge in [0.25, 0.3) is 0 Å². The second-order valence-electron chi connectivity index (χ2n) is 7.06. The molecule has 2 N–H and O–H groups in total. The molecule has 5 heteroatoms. The van der Waals surface area contributed by atoms with Crippen molar-refractivity contribution in [2.45, 2.75) is 0 Å². The number of hydrogen-bond donors (Lipinski definition) is 2. The Labute approximate surface area is 191 Å². The molecule has 4 nitrogen and oxygen atoms in total. The Bertz CT molecular complexity index is 1420. The van der Waals surface area contributed by atoms with E-state index in [1.54, 1.807) is 12.1 Å². The Morgan fingerprint density at radius 2 is 0.839 bits per heavy atom. The largest absolute Gasteiger partial charge is 0.506 e. The predicted octanol–water partition coefficient (Wildman–Crippen LogP) is 6.18. The van der Waals surface area contributed by atoms with E-state index in [-0.39, 0.29) is 31.0 Å². The second-order valence-corrected chi connectivity index (χ2v) is 7.06. The normalized spacial score (nSPS) is 10.6. The summed E-state index contributed by atoms with van der Waals surface area (Å²) < 4.78 is 0. The minimum atomic E-state index is 0. The van der Waals surface area contributed by atoms with E-state index in [4.69, 9.17) is 0 Å². The van der Waals surface area contributed by atoms with Crippen molar-refractivity contribution >= 4 is 43.6 Å². The standard InChI is InChI=1S/2C13H9NO.Zn/c2*15-12-7-3-5-10-8-9-4-1-2-6-11(9)14-13(10)12;/h2*1-8,15H;. The molecule has 0 aliphatic heterocycles. The Morgan fingerprint density at radius 1 is 0.452 bits per heavy atom. The molecule has 0 saturated heterocycles. The van der Waals surface area contributed by atoms with Gasteiger partial charge in [0.05, 0.1) is 11.0 Å². The molecule has 0 saturated carbocycles. The number of fused-ring (bicyclic) bond motifs is 4. The van der Waals surface area contributed by atoms with Crippen molar-refractivity contribution in [1.29, 1.82) is 0 Å². The van der Waals surface area contributed by atoms with Crippen molar-refractivity contribution < 1.29 is 29.7 Å². The van der Waals surface area contributed by atoms with E-state index >= 15 is 0 Å². The molecule has 0 aliphatic rings. The van der Waals surface area contributed by atoms with Crippen LogP contribution >= 0.6 is 0 Å². The summed E-state index contributed by atoms with van der Waals surface area (Å²) in [5.41, 5.74) is 3.14. The number of para-hydroxylation sites is 4. The molecule has 6 aromatic rings. The summed E-state index contributed by atoms with van der Waals surface area (Å²) in [6, 6.07) is 30.7. The summed E-state index contributed by atoms with van der Waals surface area (Å²) in [5, 5.41) is 23.5. The van der Waals surface area contributed by atoms with Crippen LogP contribution in [0.3, 0.4) is 0 Å². The van der Waals surface area contributed by atoms with Gasteiger partial charge in [0.15, 0.2) is 0 Å². The van der Waals surface area contributed by atoms with Crippen LogP contribution in [0.1, 0.15) is 0 Å². The van der Waals surface area contributed by atoms with Crippen LogP contribution in [-0.2, 0) is 19.5 Å². The number of phenolic OH excluding ortho intramolecular Hbond substituents is 2. The van der Waals surface area contributed by atoms with Crippen LogP contribution in [0.15, 0.2) is 97.1 Å². The first-order valence-electron chi connectivity index (χ1n) is 9.64. The van der Waals surface area contributed by atoms with Gasteiger partial charge in [-0.1, -0.05) is 60.7 Å². The topological polar surface area (TPSA) is 66.2 Å². The Morgan fingerprint density at radius 3 is 1.29 bits per heavy atom. The third-order valence-corrected chi connectivity index (χ3v) is 5.05. The third kappa shape index (κ3) is 4.05. The molecule has 0 spiro atoms. The Balaban J connectivity index is 0.000000144. The molecule has 0 bridgehead atoms. The van der Waals surface area contributed by atoms with Crippen LogP contribution in [0, 0.1) is 0 Å². The van der Waals surface area contributed by atoms with Crippen molar-refractivity contribution in [2.75, 3.05) is 0 Å². The van der Waals surface area contributed by atoms with E-state index in [1.165, 1.54) is 0 Å². The maximum absolute atomic E-state index is 9.67. The minimum Gasteiger partial charge on any atom is -0.506 e. The third-order valence-electron chi connectivity index (χ3n) is 5.05. The summed E-state index contributed by atoms with van der Waals surface area (Å²) >= 11 is 0. The van der Waals surface area contributed by atoms with E-state index in [1.807, 2.05) is 84.9 Å². The number of benzene rings is 4. The van der Waals surface area contributed by atoms with E-state index in [0.717, 1.165) is 32.6 Å². The van der Waals surface area contributed by atoms with Gasteiger partial charge in [-0.15, -0.1) is 0 Å². The monoisotopic (exact) mass is 454 g/mol. The molecule has 4 aromatic carbocycles. The predicted molar refractivity (Wildman–Crippen MR) is 122 cm³/mol. The molecule has 0 unspecified atom stereocenters. The summed E-state index contributed by atoms with van der Waals surface area (Å²) in [6.45, 7) is 0. The summed E-state index contributed by atoms with van der Waals surface area (Å²) in [7, 11) is 0. The van der Waals surface area contributed by atoms with Crippen molar-refractivity contribution in [1.82, 2.24) is 9.97 Å². The molecular formula is C26H18N2O2Zn. The molecule has 6 rings (SSSR count). The number of rotatable bonds is 0. The van der Waals surface area contributed by atoms with Crippen molar-refractivity contribution in [3.05, 3.63) is 97.1 Å². The molecule has 146 valence electrons. The first kappa shape index (κ1) is 20.7. The summed E-state index contributed by atoms with van der Waals surface area (Å²) in [5.74, 6) is 0.469. The first-order valence-corrected chi connectivity index (χ1v) is 9.64. The number of nitrogens with zero attached hydrogens (tertiary/aromatic N) is 2. The van der Waals surface area contributed by atoms with E-state index < -0.39 is 0 Å². The van der Waals surface area contributed by atoms with Gasteiger partial charge in [0.2, 0.25) is 0 Å². The molecule has 0 atom stereocenters. The van der Waals surface area contributed by atoms with Gasteiger partial charge in [-0.25, -0.2) is 9.97 Å². The van der Waals surface area contributed by atoms with Gasteiger partial charge < -0.3 is 10.2 Å². The van der Waals surface area contributed by atoms with E-state index in [2.05, 4.69) is 9.97 Å². The average Bonchev–Trinajstić information content (AvgIpc) is 2.78. The van der Waals surface area contributed by atoms with Crippen LogP contribution in [0.2, 0.25) is 0 Å². The molecule has 31 heavy (non-hydrogen) atoms. The molecule has 2 aromatic heterocycles. The SMILES string of the molecule is Oc1cccc2cc3ccccc3nc12.Oc1cccc2cc3ccccc3nc12.[Zn]. The van der Waals surface area contributed by atoms with Gasteiger partial charge in [-0.2, -0.15) is 0 Å². The molecule has 0 radical (unpaired) electrons. The summed E-state index contributed by atoms with van der Waals surface area (Å²) in [6.07, 6.45) is 0. The fourth-order valence-corrected chi connectivity index (χ4v) is 3.57. The van der Waals surface area contributed by atoms with E-state index in [0.29, 0.717) is 11.0 Å². The number of aromatic hydroxyl groups is 2. The van der Waals surface area contributed by atoms with Crippen molar-refractivity contribution in [3.8, 4) is 11.5 Å². The Kier molecular flexibility index (Phi) is 5.79. The van der Waals surface area contributed by atoms with Gasteiger partial charge in [0.1, 0.15) is 22.5 Å². The molecule has 0 amide bonds.